The first-order valence-electron chi connectivity index (χ1n) is 10.3. The average molecular weight is 399 g/mol. The standard InChI is InChI=1S/C20H34N2O6/c1-18(2,3)28-17(25)21-9-7-19(14-21)15-26-13-11-22(19)10-8-20(16(23)24)6-4-5-12-27-20/h4-15H2,1-3H3,(H,23,24)/t19-,20-/m0/s1. The number of hydrogen-bond donors (Lipinski definition) is 1. The van der Waals surface area contributed by atoms with Gasteiger partial charge in [-0.05, 0) is 52.9 Å². The predicted octanol–water partition coefficient (Wildman–Crippen LogP) is 2.11. The molecular formula is C20H34N2O6. The Bertz CT molecular complexity index is 584. The predicted molar refractivity (Wildman–Crippen MR) is 102 cm³/mol. The Morgan fingerprint density at radius 3 is 2.57 bits per heavy atom. The molecule has 3 heterocycles. The molecule has 3 saturated heterocycles. The second-order valence-corrected chi connectivity index (χ2v) is 9.27. The van der Waals surface area contributed by atoms with Crippen LogP contribution >= 0.6 is 0 Å². The number of ether oxygens (including phenoxy) is 3. The monoisotopic (exact) mass is 398 g/mol. The minimum atomic E-state index is -1.08. The van der Waals surface area contributed by atoms with Crippen LogP contribution in [0.2, 0.25) is 0 Å². The SMILES string of the molecule is CC(C)(C)OC(=O)N1CC[C@@]2(COCCN2CC[C@]2(C(=O)O)CCCCO2)C1. The van der Waals surface area contributed by atoms with Crippen LogP contribution in [0.4, 0.5) is 4.79 Å². The van der Waals surface area contributed by atoms with E-state index >= 15 is 0 Å². The van der Waals surface area contributed by atoms with Gasteiger partial charge in [-0.25, -0.2) is 9.59 Å². The maximum Gasteiger partial charge on any atom is 0.410 e. The van der Waals surface area contributed by atoms with E-state index in [9.17, 15) is 14.7 Å². The molecule has 0 saturated carbocycles. The molecule has 0 unspecified atom stereocenters. The summed E-state index contributed by atoms with van der Waals surface area (Å²) in [7, 11) is 0. The van der Waals surface area contributed by atoms with Gasteiger partial charge >= 0.3 is 12.1 Å². The number of morpholine rings is 1. The largest absolute Gasteiger partial charge is 0.479 e. The Balaban J connectivity index is 1.65. The van der Waals surface area contributed by atoms with Gasteiger partial charge in [0.05, 0.1) is 18.8 Å². The fourth-order valence-corrected chi connectivity index (χ4v) is 4.47. The maximum absolute atomic E-state index is 12.5. The van der Waals surface area contributed by atoms with Crippen LogP contribution in [0, 0.1) is 0 Å². The molecule has 3 fully saturated rings. The highest BCUT2D eigenvalue weighted by Gasteiger charge is 2.49. The van der Waals surface area contributed by atoms with Crippen molar-refractivity contribution in [3.8, 4) is 0 Å². The van der Waals surface area contributed by atoms with Gasteiger partial charge in [-0.3, -0.25) is 4.90 Å². The number of likely N-dealkylation sites (tertiary alicyclic amines) is 1. The molecule has 28 heavy (non-hydrogen) atoms. The van der Waals surface area contributed by atoms with Crippen LogP contribution in [0.5, 0.6) is 0 Å². The molecule has 3 aliphatic rings. The summed E-state index contributed by atoms with van der Waals surface area (Å²) in [6.07, 6.45) is 3.31. The Morgan fingerprint density at radius 1 is 1.14 bits per heavy atom. The van der Waals surface area contributed by atoms with Gasteiger partial charge in [0.25, 0.3) is 0 Å². The van der Waals surface area contributed by atoms with Gasteiger partial charge in [0, 0.05) is 32.8 Å². The maximum atomic E-state index is 12.5. The summed E-state index contributed by atoms with van der Waals surface area (Å²) < 4.78 is 17.0. The Labute approximate surface area is 167 Å². The molecule has 0 aromatic carbocycles. The molecule has 8 heteroatoms. The number of carbonyl (C=O) groups is 2. The molecule has 3 rings (SSSR count). The molecule has 0 bridgehead atoms. The summed E-state index contributed by atoms with van der Waals surface area (Å²) >= 11 is 0. The second-order valence-electron chi connectivity index (χ2n) is 9.27. The summed E-state index contributed by atoms with van der Waals surface area (Å²) in [6, 6.07) is 0. The number of carboxylic acids is 1. The minimum absolute atomic E-state index is 0.274. The molecule has 1 spiro atoms. The fourth-order valence-electron chi connectivity index (χ4n) is 4.47. The molecule has 0 aliphatic carbocycles. The van der Waals surface area contributed by atoms with Gasteiger partial charge < -0.3 is 24.2 Å². The van der Waals surface area contributed by atoms with E-state index in [1.807, 2.05) is 20.8 Å². The van der Waals surface area contributed by atoms with Crippen LogP contribution in [-0.4, -0.2) is 89.7 Å². The lowest BCUT2D eigenvalue weighted by molar-refractivity contribution is -0.175. The van der Waals surface area contributed by atoms with Crippen LogP contribution in [0.15, 0.2) is 0 Å². The second kappa shape index (κ2) is 8.16. The zero-order valence-corrected chi connectivity index (χ0v) is 17.4. The lowest BCUT2D eigenvalue weighted by Gasteiger charge is -2.46. The van der Waals surface area contributed by atoms with E-state index in [0.29, 0.717) is 52.3 Å². The van der Waals surface area contributed by atoms with Crippen molar-refractivity contribution in [1.29, 1.82) is 0 Å². The van der Waals surface area contributed by atoms with Gasteiger partial charge in [-0.2, -0.15) is 0 Å². The first kappa shape index (κ1) is 21.3. The number of rotatable bonds is 4. The van der Waals surface area contributed by atoms with Gasteiger partial charge in [0.1, 0.15) is 5.60 Å². The quantitative estimate of drug-likeness (QED) is 0.776. The highest BCUT2D eigenvalue weighted by atomic mass is 16.6. The first-order valence-corrected chi connectivity index (χ1v) is 10.3. The van der Waals surface area contributed by atoms with Gasteiger partial charge in [0.15, 0.2) is 5.60 Å². The number of amides is 1. The number of nitrogens with zero attached hydrogens (tertiary/aromatic N) is 2. The van der Waals surface area contributed by atoms with Crippen molar-refractivity contribution in [2.75, 3.05) is 46.0 Å². The van der Waals surface area contributed by atoms with Crippen molar-refractivity contribution in [1.82, 2.24) is 9.80 Å². The van der Waals surface area contributed by atoms with Crippen molar-refractivity contribution in [2.24, 2.45) is 0 Å². The number of carbonyl (C=O) groups excluding carboxylic acids is 1. The summed E-state index contributed by atoms with van der Waals surface area (Å²) in [5.41, 5.74) is -1.88. The summed E-state index contributed by atoms with van der Waals surface area (Å²) in [5.74, 6) is -0.865. The van der Waals surface area contributed by atoms with Crippen LogP contribution in [0.3, 0.4) is 0 Å². The topological polar surface area (TPSA) is 88.5 Å². The van der Waals surface area contributed by atoms with Crippen molar-refractivity contribution >= 4 is 12.1 Å². The molecule has 0 radical (unpaired) electrons. The lowest BCUT2D eigenvalue weighted by Crippen LogP contribution is -2.60. The van der Waals surface area contributed by atoms with Gasteiger partial charge in [-0.1, -0.05) is 0 Å². The Kier molecular flexibility index (Phi) is 6.22. The van der Waals surface area contributed by atoms with E-state index in [4.69, 9.17) is 14.2 Å². The third-order valence-electron chi connectivity index (χ3n) is 6.06. The third-order valence-corrected chi connectivity index (χ3v) is 6.06. The number of carboxylic acid groups (broad SMARTS) is 1. The van der Waals surface area contributed by atoms with E-state index in [2.05, 4.69) is 4.90 Å². The van der Waals surface area contributed by atoms with Gasteiger partial charge in [-0.15, -0.1) is 0 Å². The first-order chi connectivity index (χ1) is 13.2. The van der Waals surface area contributed by atoms with Gasteiger partial charge in [0.2, 0.25) is 0 Å². The van der Waals surface area contributed by atoms with Crippen molar-refractivity contribution in [3.05, 3.63) is 0 Å². The number of hydrogen-bond acceptors (Lipinski definition) is 6. The van der Waals surface area contributed by atoms with Crippen LogP contribution in [0.25, 0.3) is 0 Å². The Morgan fingerprint density at radius 2 is 1.93 bits per heavy atom. The van der Waals surface area contributed by atoms with Crippen molar-refractivity contribution in [2.45, 2.75) is 69.6 Å². The van der Waals surface area contributed by atoms with E-state index in [0.717, 1.165) is 25.8 Å². The summed E-state index contributed by atoms with van der Waals surface area (Å²) in [4.78, 5) is 28.4. The molecule has 0 aromatic heterocycles. The van der Waals surface area contributed by atoms with E-state index in [1.165, 1.54) is 0 Å². The van der Waals surface area contributed by atoms with Crippen molar-refractivity contribution in [3.63, 3.8) is 0 Å². The summed E-state index contributed by atoms with van der Waals surface area (Å²) in [6.45, 7) is 9.79. The average Bonchev–Trinajstić information content (AvgIpc) is 3.05. The highest BCUT2D eigenvalue weighted by molar-refractivity contribution is 5.77. The van der Waals surface area contributed by atoms with E-state index < -0.39 is 17.2 Å². The molecule has 160 valence electrons. The Hall–Kier alpha value is -1.38. The molecule has 8 nitrogen and oxygen atoms in total. The zero-order valence-electron chi connectivity index (χ0n) is 17.4. The molecule has 2 atom stereocenters. The van der Waals surface area contributed by atoms with Crippen LogP contribution in [-0.2, 0) is 19.0 Å². The smallest absolute Gasteiger partial charge is 0.410 e. The fraction of sp³-hybridized carbons (Fsp3) is 0.900. The van der Waals surface area contributed by atoms with Crippen LogP contribution < -0.4 is 0 Å². The third kappa shape index (κ3) is 4.60. The normalized spacial score (nSPS) is 31.9. The van der Waals surface area contributed by atoms with E-state index in [-0.39, 0.29) is 11.6 Å². The zero-order chi connectivity index (χ0) is 20.4. The van der Waals surface area contributed by atoms with E-state index in [1.54, 1.807) is 4.90 Å². The highest BCUT2D eigenvalue weighted by Crippen LogP contribution is 2.35. The minimum Gasteiger partial charge on any atom is -0.479 e. The molecule has 3 aliphatic heterocycles. The summed E-state index contributed by atoms with van der Waals surface area (Å²) in [5, 5.41) is 9.76. The van der Waals surface area contributed by atoms with Crippen LogP contribution in [0.1, 0.15) is 52.9 Å². The molecule has 0 aromatic rings. The van der Waals surface area contributed by atoms with Crippen molar-refractivity contribution < 1.29 is 28.9 Å². The number of aliphatic carboxylic acids is 1. The lowest BCUT2D eigenvalue weighted by atomic mass is 9.88. The molecular weight excluding hydrogens is 364 g/mol. The molecule has 1 amide bonds. The molecule has 1 N–H and O–H groups in total.